The van der Waals surface area contributed by atoms with Crippen molar-refractivity contribution in [3.8, 4) is 0 Å². The van der Waals surface area contributed by atoms with Crippen LogP contribution in [0.2, 0.25) is 0 Å². The van der Waals surface area contributed by atoms with Crippen LogP contribution in [-0.4, -0.2) is 35.7 Å². The third kappa shape index (κ3) is 4.44. The summed E-state index contributed by atoms with van der Waals surface area (Å²) in [7, 11) is 1.72. The molecule has 0 saturated heterocycles. The number of aromatic nitrogens is 2. The quantitative estimate of drug-likeness (QED) is 0.637. The van der Waals surface area contributed by atoms with Crippen LogP contribution in [0.5, 0.6) is 0 Å². The molecule has 0 bridgehead atoms. The minimum absolute atomic E-state index is 0.605. The predicted molar refractivity (Wildman–Crippen MR) is 73.0 cm³/mol. The number of hydrogen-bond acceptors (Lipinski definition) is 6. The minimum atomic E-state index is 0.605. The van der Waals surface area contributed by atoms with E-state index in [-0.39, 0.29) is 0 Å². The van der Waals surface area contributed by atoms with E-state index in [4.69, 9.17) is 4.74 Å². The smallest absolute Gasteiger partial charge is 0.206 e. The molecule has 0 radical (unpaired) electrons. The monoisotopic (exact) mass is 273 g/mol. The number of methoxy groups -OCH3 is 1. The molecule has 0 aliphatic heterocycles. The van der Waals surface area contributed by atoms with Gasteiger partial charge in [-0.15, -0.1) is 10.2 Å². The Morgan fingerprint density at radius 3 is 2.94 bits per heavy atom. The summed E-state index contributed by atoms with van der Waals surface area (Å²) in [5, 5.41) is 12.8. The zero-order valence-electron chi connectivity index (χ0n) is 10.1. The first-order chi connectivity index (χ1) is 8.38. The predicted octanol–water partition coefficient (Wildman–Crippen LogP) is 3.02. The van der Waals surface area contributed by atoms with Crippen molar-refractivity contribution in [2.24, 2.45) is 0 Å². The van der Waals surface area contributed by atoms with Crippen molar-refractivity contribution in [3.05, 3.63) is 0 Å². The minimum Gasteiger partial charge on any atom is -0.384 e. The van der Waals surface area contributed by atoms with Gasteiger partial charge >= 0.3 is 0 Å². The largest absolute Gasteiger partial charge is 0.384 e. The first-order valence-corrected chi connectivity index (χ1v) is 7.90. The fourth-order valence-electron chi connectivity index (χ4n) is 1.96. The molecule has 0 spiro atoms. The molecule has 1 aliphatic rings. The van der Waals surface area contributed by atoms with Gasteiger partial charge in [-0.3, -0.25) is 0 Å². The van der Waals surface area contributed by atoms with Crippen LogP contribution in [0, 0.1) is 0 Å². The molecule has 2 rings (SSSR count). The molecule has 17 heavy (non-hydrogen) atoms. The van der Waals surface area contributed by atoms with Gasteiger partial charge in [0.1, 0.15) is 0 Å². The maximum Gasteiger partial charge on any atom is 0.206 e. The summed E-state index contributed by atoms with van der Waals surface area (Å²) in [5.74, 6) is 0.939. The molecular weight excluding hydrogens is 254 g/mol. The Morgan fingerprint density at radius 1 is 1.35 bits per heavy atom. The lowest BCUT2D eigenvalue weighted by molar-refractivity contribution is 0.218. The summed E-state index contributed by atoms with van der Waals surface area (Å²) in [4.78, 5) is 0. The highest BCUT2D eigenvalue weighted by atomic mass is 32.2. The first kappa shape index (κ1) is 13.1. The summed E-state index contributed by atoms with van der Waals surface area (Å²) >= 11 is 3.36. The Hall–Kier alpha value is -0.330. The number of hydrogen-bond donors (Lipinski definition) is 1. The fraction of sp³-hybridized carbons (Fsp3) is 0.818. The molecule has 1 heterocycles. The third-order valence-electron chi connectivity index (χ3n) is 2.85. The van der Waals surface area contributed by atoms with Crippen molar-refractivity contribution in [1.82, 2.24) is 10.2 Å². The van der Waals surface area contributed by atoms with E-state index in [1.54, 1.807) is 30.2 Å². The normalized spacial score (nSPS) is 17.2. The molecule has 1 aromatic rings. The molecule has 0 amide bonds. The van der Waals surface area contributed by atoms with Crippen molar-refractivity contribution in [2.45, 2.75) is 42.5 Å². The molecule has 1 aromatic heterocycles. The zero-order valence-corrected chi connectivity index (χ0v) is 11.8. The van der Waals surface area contributed by atoms with Crippen LogP contribution in [0.25, 0.3) is 0 Å². The Kier molecular flexibility index (Phi) is 5.54. The molecule has 1 aliphatic carbocycles. The van der Waals surface area contributed by atoms with E-state index in [1.807, 2.05) is 0 Å². The number of nitrogens with zero attached hydrogens (tertiary/aromatic N) is 2. The first-order valence-electron chi connectivity index (χ1n) is 6.10. The lowest BCUT2D eigenvalue weighted by Gasteiger charge is -2.21. The number of rotatable bonds is 6. The Labute approximate surface area is 111 Å². The molecule has 0 unspecified atom stereocenters. The van der Waals surface area contributed by atoms with Gasteiger partial charge in [0, 0.05) is 18.9 Å². The maximum absolute atomic E-state index is 5.01. The molecule has 4 nitrogen and oxygen atoms in total. The van der Waals surface area contributed by atoms with E-state index in [1.165, 1.54) is 32.1 Å². The molecule has 1 fully saturated rings. The molecule has 0 aromatic carbocycles. The van der Waals surface area contributed by atoms with Crippen molar-refractivity contribution in [2.75, 3.05) is 24.8 Å². The second kappa shape index (κ2) is 7.18. The van der Waals surface area contributed by atoms with Gasteiger partial charge in [0.15, 0.2) is 4.34 Å². The molecule has 6 heteroatoms. The fourth-order valence-corrected chi connectivity index (χ4v) is 3.76. The zero-order chi connectivity index (χ0) is 11.9. The van der Waals surface area contributed by atoms with Gasteiger partial charge in [-0.1, -0.05) is 42.4 Å². The van der Waals surface area contributed by atoms with Gasteiger partial charge in [0.25, 0.3) is 0 Å². The van der Waals surface area contributed by atoms with Gasteiger partial charge in [0.2, 0.25) is 5.13 Å². The Bertz CT molecular complexity index is 326. The maximum atomic E-state index is 5.01. The van der Waals surface area contributed by atoms with Crippen molar-refractivity contribution < 1.29 is 4.74 Å². The van der Waals surface area contributed by atoms with Crippen LogP contribution >= 0.6 is 23.1 Å². The number of anilines is 1. The van der Waals surface area contributed by atoms with Crippen LogP contribution in [0.1, 0.15) is 32.1 Å². The van der Waals surface area contributed by atoms with Crippen molar-refractivity contribution in [3.63, 3.8) is 0 Å². The van der Waals surface area contributed by atoms with E-state index < -0.39 is 0 Å². The molecule has 0 atom stereocenters. The summed E-state index contributed by atoms with van der Waals surface area (Å²) in [5.41, 5.74) is 0. The van der Waals surface area contributed by atoms with E-state index >= 15 is 0 Å². The lowest BCUT2D eigenvalue weighted by atomic mass is 9.96. The summed E-state index contributed by atoms with van der Waals surface area (Å²) in [6, 6.07) is 0.605. The van der Waals surface area contributed by atoms with Crippen LogP contribution in [0.3, 0.4) is 0 Å². The summed E-state index contributed by atoms with van der Waals surface area (Å²) in [6.07, 6.45) is 6.60. The SMILES string of the molecule is COCCSc1nnc(NC2CCCCC2)s1. The third-order valence-corrected chi connectivity index (χ3v) is 4.80. The van der Waals surface area contributed by atoms with Crippen LogP contribution < -0.4 is 5.32 Å². The highest BCUT2D eigenvalue weighted by Crippen LogP contribution is 2.28. The van der Waals surface area contributed by atoms with Crippen LogP contribution in [0.15, 0.2) is 4.34 Å². The average molecular weight is 273 g/mol. The van der Waals surface area contributed by atoms with Gasteiger partial charge < -0.3 is 10.1 Å². The van der Waals surface area contributed by atoms with Crippen LogP contribution in [0.4, 0.5) is 5.13 Å². The van der Waals surface area contributed by atoms with Gasteiger partial charge in [0.05, 0.1) is 6.61 Å². The number of nitrogens with one attached hydrogen (secondary N) is 1. The Morgan fingerprint density at radius 2 is 2.18 bits per heavy atom. The topological polar surface area (TPSA) is 47.0 Å². The van der Waals surface area contributed by atoms with E-state index in [2.05, 4.69) is 15.5 Å². The van der Waals surface area contributed by atoms with Crippen molar-refractivity contribution >= 4 is 28.2 Å². The van der Waals surface area contributed by atoms with Crippen molar-refractivity contribution in [1.29, 1.82) is 0 Å². The molecule has 1 N–H and O–H groups in total. The molecule has 1 saturated carbocycles. The van der Waals surface area contributed by atoms with E-state index in [9.17, 15) is 0 Å². The van der Waals surface area contributed by atoms with E-state index in [0.29, 0.717) is 6.04 Å². The molecule has 96 valence electrons. The average Bonchev–Trinajstić information content (AvgIpc) is 2.79. The van der Waals surface area contributed by atoms with Gasteiger partial charge in [-0.2, -0.15) is 0 Å². The highest BCUT2D eigenvalue weighted by molar-refractivity contribution is 8.01. The number of ether oxygens (including phenoxy) is 1. The second-order valence-electron chi connectivity index (χ2n) is 4.19. The van der Waals surface area contributed by atoms with Gasteiger partial charge in [-0.05, 0) is 12.8 Å². The standard InChI is InChI=1S/C11H19N3OS2/c1-15-7-8-16-11-14-13-10(17-11)12-9-5-3-2-4-6-9/h9H,2-8H2,1H3,(H,12,13). The number of thioether (sulfide) groups is 1. The second-order valence-corrected chi connectivity index (χ2v) is 6.51. The molecular formula is C11H19N3OS2. The highest BCUT2D eigenvalue weighted by Gasteiger charge is 2.15. The Balaban J connectivity index is 1.76. The lowest BCUT2D eigenvalue weighted by Crippen LogP contribution is -2.21. The van der Waals surface area contributed by atoms with Crippen LogP contribution in [-0.2, 0) is 4.74 Å². The van der Waals surface area contributed by atoms with E-state index in [0.717, 1.165) is 21.8 Å². The van der Waals surface area contributed by atoms with Gasteiger partial charge in [-0.25, -0.2) is 0 Å². The summed E-state index contributed by atoms with van der Waals surface area (Å²) in [6.45, 7) is 0.760. The summed E-state index contributed by atoms with van der Waals surface area (Å²) < 4.78 is 6.04.